The summed E-state index contributed by atoms with van der Waals surface area (Å²) in [6.07, 6.45) is 0.977. The van der Waals surface area contributed by atoms with E-state index in [1.54, 1.807) is 27.9 Å². The number of fused-ring (bicyclic) bond motifs is 1. The van der Waals surface area contributed by atoms with Gasteiger partial charge in [0.15, 0.2) is 5.82 Å². The number of aromatic nitrogens is 4. The molecule has 0 bridgehead atoms. The number of aliphatic hydroxyl groups is 1. The smallest absolute Gasteiger partial charge is 0.225 e. The van der Waals surface area contributed by atoms with Crippen LogP contribution in [-0.2, 0) is 6.54 Å². The van der Waals surface area contributed by atoms with E-state index in [1.807, 2.05) is 0 Å². The second kappa shape index (κ2) is 8.21. The summed E-state index contributed by atoms with van der Waals surface area (Å²) in [6, 6.07) is 0. The molecule has 9 heteroatoms. The average molecular weight is 348 g/mol. The van der Waals surface area contributed by atoms with Gasteiger partial charge in [-0.15, -0.1) is 0 Å². The summed E-state index contributed by atoms with van der Waals surface area (Å²) >= 11 is 0. The van der Waals surface area contributed by atoms with Crippen LogP contribution in [0.5, 0.6) is 0 Å². The van der Waals surface area contributed by atoms with Gasteiger partial charge in [-0.2, -0.15) is 4.98 Å². The molecule has 138 valence electrons. The first-order valence-corrected chi connectivity index (χ1v) is 8.49. The fraction of sp³-hybridized carbons (Fsp3) is 0.625. The molecule has 2 aromatic rings. The Morgan fingerprint density at radius 2 is 1.60 bits per heavy atom. The summed E-state index contributed by atoms with van der Waals surface area (Å²) in [5.74, 6) is 1.70. The fourth-order valence-electron chi connectivity index (χ4n) is 2.27. The lowest BCUT2D eigenvalue weighted by atomic mass is 10.1. The minimum atomic E-state index is -0.798. The molecule has 0 aliphatic carbocycles. The highest BCUT2D eigenvalue weighted by Crippen LogP contribution is 2.24. The van der Waals surface area contributed by atoms with Crippen LogP contribution in [0.15, 0.2) is 0 Å². The van der Waals surface area contributed by atoms with Crippen LogP contribution in [0.4, 0.5) is 17.7 Å². The van der Waals surface area contributed by atoms with Gasteiger partial charge in [-0.3, -0.25) is 0 Å². The van der Waals surface area contributed by atoms with Gasteiger partial charge in [-0.05, 0) is 20.3 Å². The Labute approximate surface area is 148 Å². The van der Waals surface area contributed by atoms with Crippen LogP contribution < -0.4 is 21.3 Å². The van der Waals surface area contributed by atoms with Gasteiger partial charge in [0, 0.05) is 33.7 Å². The number of hydrogen-bond acceptors (Lipinski definition) is 9. The molecule has 5 N–H and O–H groups in total. The summed E-state index contributed by atoms with van der Waals surface area (Å²) in [7, 11) is 3.55. The van der Waals surface area contributed by atoms with E-state index < -0.39 is 5.60 Å². The lowest BCUT2D eigenvalue weighted by molar-refractivity contribution is 0.0794. The Balaban J connectivity index is 2.47. The average Bonchev–Trinajstić information content (AvgIpc) is 2.58. The third-order valence-electron chi connectivity index (χ3n) is 3.46. The van der Waals surface area contributed by atoms with Crippen molar-refractivity contribution in [2.45, 2.75) is 39.3 Å². The van der Waals surface area contributed by atoms with Gasteiger partial charge in [0.25, 0.3) is 0 Å². The Bertz CT molecular complexity index is 713. The van der Waals surface area contributed by atoms with Crippen LogP contribution in [0.3, 0.4) is 0 Å². The van der Waals surface area contributed by atoms with E-state index in [-0.39, 0.29) is 0 Å². The largest absolute Gasteiger partial charge is 0.389 e. The predicted molar refractivity (Wildman–Crippen MR) is 101 cm³/mol. The number of rotatable bonds is 9. The Morgan fingerprint density at radius 3 is 2.20 bits per heavy atom. The van der Waals surface area contributed by atoms with E-state index in [4.69, 9.17) is 0 Å². The SMILES string of the molecule is CCCNc1nc(NC)nc2c(CNCC(C)(C)O)nc(NC)nc12. The van der Waals surface area contributed by atoms with Crippen molar-refractivity contribution in [1.29, 1.82) is 0 Å². The molecular weight excluding hydrogens is 320 g/mol. The summed E-state index contributed by atoms with van der Waals surface area (Å²) in [5, 5.41) is 22.4. The van der Waals surface area contributed by atoms with E-state index in [2.05, 4.69) is 48.1 Å². The highest BCUT2D eigenvalue weighted by Gasteiger charge is 2.17. The highest BCUT2D eigenvalue weighted by molar-refractivity contribution is 5.88. The van der Waals surface area contributed by atoms with Gasteiger partial charge in [-0.25, -0.2) is 15.0 Å². The van der Waals surface area contributed by atoms with Crippen molar-refractivity contribution in [1.82, 2.24) is 25.3 Å². The number of nitrogens with one attached hydrogen (secondary N) is 4. The number of hydrogen-bond donors (Lipinski definition) is 5. The minimum absolute atomic E-state index is 0.443. The van der Waals surface area contributed by atoms with E-state index in [0.717, 1.165) is 18.7 Å². The van der Waals surface area contributed by atoms with Crippen LogP contribution in [0.1, 0.15) is 32.9 Å². The van der Waals surface area contributed by atoms with E-state index >= 15 is 0 Å². The van der Waals surface area contributed by atoms with E-state index in [0.29, 0.717) is 41.8 Å². The fourth-order valence-corrected chi connectivity index (χ4v) is 2.27. The van der Waals surface area contributed by atoms with Crippen LogP contribution in [0.25, 0.3) is 11.0 Å². The summed E-state index contributed by atoms with van der Waals surface area (Å²) in [6.45, 7) is 7.30. The van der Waals surface area contributed by atoms with Crippen LogP contribution >= 0.6 is 0 Å². The minimum Gasteiger partial charge on any atom is -0.389 e. The molecular formula is C16H28N8O. The van der Waals surface area contributed by atoms with Crippen molar-refractivity contribution in [3.05, 3.63) is 5.69 Å². The Kier molecular flexibility index (Phi) is 6.27. The first-order chi connectivity index (χ1) is 11.9. The van der Waals surface area contributed by atoms with Crippen molar-refractivity contribution in [3.63, 3.8) is 0 Å². The van der Waals surface area contributed by atoms with Crippen molar-refractivity contribution in [2.24, 2.45) is 0 Å². The van der Waals surface area contributed by atoms with Gasteiger partial charge in [0.05, 0.1) is 11.3 Å². The predicted octanol–water partition coefficient (Wildman–Crippen LogP) is 1.19. The Morgan fingerprint density at radius 1 is 0.960 bits per heavy atom. The normalized spacial score (nSPS) is 11.6. The maximum Gasteiger partial charge on any atom is 0.225 e. The first kappa shape index (κ1) is 19.1. The zero-order valence-electron chi connectivity index (χ0n) is 15.6. The molecule has 0 fully saturated rings. The van der Waals surface area contributed by atoms with Gasteiger partial charge in [0.2, 0.25) is 11.9 Å². The number of anilines is 3. The third-order valence-corrected chi connectivity index (χ3v) is 3.46. The molecule has 0 atom stereocenters. The van der Waals surface area contributed by atoms with Crippen molar-refractivity contribution in [3.8, 4) is 0 Å². The van der Waals surface area contributed by atoms with Crippen molar-refractivity contribution >= 4 is 28.7 Å². The molecule has 0 amide bonds. The lowest BCUT2D eigenvalue weighted by Crippen LogP contribution is -2.34. The molecule has 0 aliphatic heterocycles. The Hall–Kier alpha value is -2.26. The molecule has 0 saturated carbocycles. The summed E-state index contributed by atoms with van der Waals surface area (Å²) in [4.78, 5) is 18.1. The summed E-state index contributed by atoms with van der Waals surface area (Å²) in [5.41, 5.74) is 1.30. The zero-order chi connectivity index (χ0) is 18.4. The van der Waals surface area contributed by atoms with E-state index in [9.17, 15) is 5.11 Å². The molecule has 9 nitrogen and oxygen atoms in total. The monoisotopic (exact) mass is 348 g/mol. The molecule has 2 aromatic heterocycles. The molecule has 0 unspecified atom stereocenters. The molecule has 2 rings (SSSR count). The number of nitrogens with zero attached hydrogens (tertiary/aromatic N) is 4. The van der Waals surface area contributed by atoms with Gasteiger partial charge in [-0.1, -0.05) is 6.92 Å². The van der Waals surface area contributed by atoms with Gasteiger partial charge >= 0.3 is 0 Å². The highest BCUT2D eigenvalue weighted by atomic mass is 16.3. The molecule has 2 heterocycles. The second-order valence-electron chi connectivity index (χ2n) is 6.43. The van der Waals surface area contributed by atoms with Crippen LogP contribution in [0, 0.1) is 0 Å². The van der Waals surface area contributed by atoms with Crippen LogP contribution in [0.2, 0.25) is 0 Å². The standard InChI is InChI=1S/C16H28N8O/c1-6-7-20-13-12-11(22-15(18-5)24-13)10(21-14(17-4)23-12)8-19-9-16(2,3)25/h19,25H,6-9H2,1-5H3,(H,17,21,23)(H2,18,20,22,24). The molecule has 25 heavy (non-hydrogen) atoms. The maximum atomic E-state index is 9.88. The van der Waals surface area contributed by atoms with Crippen LogP contribution in [-0.4, -0.2) is 57.8 Å². The zero-order valence-corrected chi connectivity index (χ0v) is 15.6. The summed E-state index contributed by atoms with van der Waals surface area (Å²) < 4.78 is 0. The van der Waals surface area contributed by atoms with Crippen molar-refractivity contribution in [2.75, 3.05) is 43.1 Å². The molecule has 0 spiro atoms. The van der Waals surface area contributed by atoms with Gasteiger partial charge < -0.3 is 26.4 Å². The first-order valence-electron chi connectivity index (χ1n) is 8.49. The molecule has 0 aromatic carbocycles. The third kappa shape index (κ3) is 5.10. The lowest BCUT2D eigenvalue weighted by Gasteiger charge is -2.18. The molecule has 0 aliphatic rings. The molecule has 0 radical (unpaired) electrons. The van der Waals surface area contributed by atoms with E-state index in [1.165, 1.54) is 0 Å². The van der Waals surface area contributed by atoms with Crippen molar-refractivity contribution < 1.29 is 5.11 Å². The quantitative estimate of drug-likeness (QED) is 0.455. The topological polar surface area (TPSA) is 120 Å². The maximum absolute atomic E-state index is 9.88. The second-order valence-corrected chi connectivity index (χ2v) is 6.43. The van der Waals surface area contributed by atoms with Gasteiger partial charge in [0.1, 0.15) is 11.0 Å². The molecule has 0 saturated heterocycles.